The molecule has 0 fully saturated rings. The number of aromatic nitrogens is 1. The Balaban J connectivity index is 2.10. The second-order valence-electron chi connectivity index (χ2n) is 3.70. The number of nitrogens with two attached hydrogens (primary N) is 1. The van der Waals surface area contributed by atoms with Gasteiger partial charge < -0.3 is 11.1 Å². The van der Waals surface area contributed by atoms with Crippen molar-refractivity contribution in [2.45, 2.75) is 13.0 Å². The Kier molecular flexibility index (Phi) is 3.39. The molecule has 0 saturated carbocycles. The van der Waals surface area contributed by atoms with Crippen molar-refractivity contribution in [1.29, 1.82) is 0 Å². The molecule has 1 amide bonds. The number of hydrogen-bond acceptors (Lipinski definition) is 4. The van der Waals surface area contributed by atoms with Gasteiger partial charge in [-0.15, -0.1) is 11.3 Å². The summed E-state index contributed by atoms with van der Waals surface area (Å²) in [7, 11) is 0. The van der Waals surface area contributed by atoms with Gasteiger partial charge in [0, 0.05) is 11.1 Å². The van der Waals surface area contributed by atoms with Crippen LogP contribution >= 0.6 is 11.3 Å². The molecular weight excluding hydrogens is 234 g/mol. The zero-order chi connectivity index (χ0) is 12.3. The van der Waals surface area contributed by atoms with Crippen LogP contribution in [0.5, 0.6) is 0 Å². The van der Waals surface area contributed by atoms with E-state index in [2.05, 4.69) is 10.3 Å². The van der Waals surface area contributed by atoms with Gasteiger partial charge in [-0.3, -0.25) is 4.79 Å². The fraction of sp³-hybridized carbons (Fsp3) is 0.167. The molecule has 1 aromatic carbocycles. The first kappa shape index (κ1) is 11.6. The number of amides is 1. The van der Waals surface area contributed by atoms with Crippen molar-refractivity contribution in [3.8, 4) is 0 Å². The third-order valence-electron chi connectivity index (χ3n) is 2.48. The van der Waals surface area contributed by atoms with Gasteiger partial charge in [-0.05, 0) is 18.6 Å². The lowest BCUT2D eigenvalue weighted by Gasteiger charge is -2.15. The van der Waals surface area contributed by atoms with E-state index in [9.17, 15) is 4.79 Å². The van der Waals surface area contributed by atoms with Gasteiger partial charge in [0.15, 0.2) is 0 Å². The first-order chi connectivity index (χ1) is 8.18. The predicted molar refractivity (Wildman–Crippen MR) is 68.8 cm³/mol. The van der Waals surface area contributed by atoms with Crippen LogP contribution in [-0.2, 0) is 0 Å². The third-order valence-corrected chi connectivity index (χ3v) is 3.06. The minimum atomic E-state index is -0.179. The van der Waals surface area contributed by atoms with E-state index in [1.165, 1.54) is 11.3 Å². The normalized spacial score (nSPS) is 12.1. The lowest BCUT2D eigenvalue weighted by Crippen LogP contribution is -2.27. The van der Waals surface area contributed by atoms with Gasteiger partial charge in [-0.2, -0.15) is 0 Å². The lowest BCUT2D eigenvalue weighted by molar-refractivity contribution is 0.0935. The maximum absolute atomic E-state index is 11.8. The second-order valence-corrected chi connectivity index (χ2v) is 4.42. The second kappa shape index (κ2) is 4.97. The summed E-state index contributed by atoms with van der Waals surface area (Å²) >= 11 is 1.40. The molecule has 0 spiro atoms. The van der Waals surface area contributed by atoms with E-state index >= 15 is 0 Å². The molecule has 0 radical (unpaired) electrons. The van der Waals surface area contributed by atoms with E-state index in [0.29, 0.717) is 11.4 Å². The van der Waals surface area contributed by atoms with Crippen LogP contribution in [0.15, 0.2) is 35.2 Å². The summed E-state index contributed by atoms with van der Waals surface area (Å²) in [6.45, 7) is 1.90. The zero-order valence-electron chi connectivity index (χ0n) is 9.38. The molecule has 1 atom stereocenters. The van der Waals surface area contributed by atoms with Gasteiger partial charge in [-0.25, -0.2) is 4.98 Å². The lowest BCUT2D eigenvalue weighted by atomic mass is 10.1. The first-order valence-electron chi connectivity index (χ1n) is 5.22. The Morgan fingerprint density at radius 1 is 1.47 bits per heavy atom. The van der Waals surface area contributed by atoms with Crippen molar-refractivity contribution in [2.24, 2.45) is 0 Å². The third kappa shape index (κ3) is 2.62. The molecule has 4 nitrogen and oxygen atoms in total. The minimum absolute atomic E-state index is 0.134. The van der Waals surface area contributed by atoms with Crippen LogP contribution in [0.2, 0.25) is 0 Å². The molecule has 0 aliphatic rings. The highest BCUT2D eigenvalue weighted by atomic mass is 32.1. The Hall–Kier alpha value is -1.88. The summed E-state index contributed by atoms with van der Waals surface area (Å²) in [6, 6.07) is 7.36. The average molecular weight is 247 g/mol. The van der Waals surface area contributed by atoms with E-state index in [1.807, 2.05) is 31.2 Å². The van der Waals surface area contributed by atoms with Crippen molar-refractivity contribution < 1.29 is 4.79 Å². The number of thiazole rings is 1. The molecule has 1 heterocycles. The smallest absolute Gasteiger partial charge is 0.271 e. The number of hydrogen-bond donors (Lipinski definition) is 2. The fourth-order valence-electron chi connectivity index (χ4n) is 1.58. The summed E-state index contributed by atoms with van der Waals surface area (Å²) in [5.41, 5.74) is 9.52. The van der Waals surface area contributed by atoms with Crippen molar-refractivity contribution in [3.05, 3.63) is 46.4 Å². The number of anilines is 1. The Bertz CT molecular complexity index is 510. The van der Waals surface area contributed by atoms with Crippen LogP contribution in [0.25, 0.3) is 0 Å². The number of nitrogens with zero attached hydrogens (tertiary/aromatic N) is 1. The first-order valence-corrected chi connectivity index (χ1v) is 6.16. The van der Waals surface area contributed by atoms with Crippen molar-refractivity contribution in [2.75, 3.05) is 5.73 Å². The van der Waals surface area contributed by atoms with Gasteiger partial charge >= 0.3 is 0 Å². The van der Waals surface area contributed by atoms with Crippen LogP contribution in [-0.4, -0.2) is 10.9 Å². The van der Waals surface area contributed by atoms with E-state index < -0.39 is 0 Å². The van der Waals surface area contributed by atoms with Crippen LogP contribution in [0.1, 0.15) is 29.0 Å². The topological polar surface area (TPSA) is 68.0 Å². The predicted octanol–water partition coefficient (Wildman–Crippen LogP) is 2.22. The average Bonchev–Trinajstić information content (AvgIpc) is 2.82. The highest BCUT2D eigenvalue weighted by molar-refractivity contribution is 7.07. The molecule has 0 aliphatic carbocycles. The van der Waals surface area contributed by atoms with Crippen molar-refractivity contribution >= 4 is 22.9 Å². The molecule has 5 heteroatoms. The molecule has 0 bridgehead atoms. The number of para-hydroxylation sites is 1. The number of nitrogens with one attached hydrogen (secondary N) is 1. The van der Waals surface area contributed by atoms with Gasteiger partial charge in [0.1, 0.15) is 5.69 Å². The van der Waals surface area contributed by atoms with Crippen LogP contribution in [0.4, 0.5) is 5.69 Å². The quantitative estimate of drug-likeness (QED) is 0.817. The molecule has 0 aliphatic heterocycles. The molecular formula is C12H13N3OS. The Labute approximate surface area is 103 Å². The molecule has 88 valence electrons. The Morgan fingerprint density at radius 2 is 2.24 bits per heavy atom. The van der Waals surface area contributed by atoms with E-state index in [4.69, 9.17) is 5.73 Å². The monoisotopic (exact) mass is 247 g/mol. The summed E-state index contributed by atoms with van der Waals surface area (Å²) in [5.74, 6) is -0.179. The number of nitrogen functional groups attached to an aromatic ring is 1. The summed E-state index contributed by atoms with van der Waals surface area (Å²) in [6.07, 6.45) is 0. The van der Waals surface area contributed by atoms with Crippen LogP contribution < -0.4 is 11.1 Å². The van der Waals surface area contributed by atoms with Crippen molar-refractivity contribution in [3.63, 3.8) is 0 Å². The van der Waals surface area contributed by atoms with Gasteiger partial charge in [-0.1, -0.05) is 18.2 Å². The van der Waals surface area contributed by atoms with Crippen molar-refractivity contribution in [1.82, 2.24) is 10.3 Å². The summed E-state index contributed by atoms with van der Waals surface area (Å²) < 4.78 is 0. The molecule has 1 aromatic heterocycles. The van der Waals surface area contributed by atoms with E-state index in [-0.39, 0.29) is 11.9 Å². The van der Waals surface area contributed by atoms with Gasteiger partial charge in [0.25, 0.3) is 5.91 Å². The maximum atomic E-state index is 11.8. The van der Waals surface area contributed by atoms with E-state index in [0.717, 1.165) is 5.56 Å². The molecule has 1 unspecified atom stereocenters. The largest absolute Gasteiger partial charge is 0.398 e. The molecule has 3 N–H and O–H groups in total. The van der Waals surface area contributed by atoms with Gasteiger partial charge in [0.05, 0.1) is 11.6 Å². The minimum Gasteiger partial charge on any atom is -0.398 e. The molecule has 17 heavy (non-hydrogen) atoms. The number of carbonyl (C=O) groups is 1. The zero-order valence-corrected chi connectivity index (χ0v) is 10.2. The number of rotatable bonds is 3. The molecule has 2 aromatic rings. The maximum Gasteiger partial charge on any atom is 0.271 e. The number of benzene rings is 1. The molecule has 0 saturated heterocycles. The fourth-order valence-corrected chi connectivity index (χ4v) is 2.11. The SMILES string of the molecule is CC(NC(=O)c1cscn1)c1ccccc1N. The highest BCUT2D eigenvalue weighted by Gasteiger charge is 2.14. The highest BCUT2D eigenvalue weighted by Crippen LogP contribution is 2.19. The Morgan fingerprint density at radius 3 is 2.88 bits per heavy atom. The summed E-state index contributed by atoms with van der Waals surface area (Å²) in [4.78, 5) is 15.8. The van der Waals surface area contributed by atoms with Crippen LogP contribution in [0, 0.1) is 0 Å². The summed E-state index contributed by atoms with van der Waals surface area (Å²) in [5, 5.41) is 4.58. The van der Waals surface area contributed by atoms with Crippen LogP contribution in [0.3, 0.4) is 0 Å². The molecule has 2 rings (SSSR count). The van der Waals surface area contributed by atoms with Gasteiger partial charge in [0.2, 0.25) is 0 Å². The number of carbonyl (C=O) groups excluding carboxylic acids is 1. The van der Waals surface area contributed by atoms with E-state index in [1.54, 1.807) is 10.9 Å². The standard InChI is InChI=1S/C12H13N3OS/c1-8(9-4-2-3-5-10(9)13)15-12(16)11-6-17-7-14-11/h2-8H,13H2,1H3,(H,15,16).